The lowest BCUT2D eigenvalue weighted by molar-refractivity contribution is 0.0123. The van der Waals surface area contributed by atoms with Crippen molar-refractivity contribution in [1.82, 2.24) is 14.9 Å². The molecule has 2 fully saturated rings. The van der Waals surface area contributed by atoms with Crippen LogP contribution in [-0.2, 0) is 4.74 Å². The van der Waals surface area contributed by atoms with E-state index in [0.29, 0.717) is 35.4 Å². The zero-order valence-corrected chi connectivity index (χ0v) is 23.8. The van der Waals surface area contributed by atoms with Gasteiger partial charge in [0.1, 0.15) is 16.9 Å². The number of fused-ring (bicyclic) bond motifs is 4. The summed E-state index contributed by atoms with van der Waals surface area (Å²) in [6.45, 7) is 8.63. The van der Waals surface area contributed by atoms with Gasteiger partial charge in [-0.05, 0) is 80.1 Å². The Morgan fingerprint density at radius 3 is 2.41 bits per heavy atom. The molecule has 202 valence electrons. The van der Waals surface area contributed by atoms with Gasteiger partial charge in [0, 0.05) is 24.0 Å². The van der Waals surface area contributed by atoms with Crippen molar-refractivity contribution in [2.75, 3.05) is 18.0 Å². The molecule has 39 heavy (non-hydrogen) atoms. The summed E-state index contributed by atoms with van der Waals surface area (Å²) in [6, 6.07) is 13.5. The van der Waals surface area contributed by atoms with Crippen molar-refractivity contribution in [3.05, 3.63) is 64.2 Å². The maximum atomic E-state index is 16.4. The van der Waals surface area contributed by atoms with E-state index in [1.54, 1.807) is 6.07 Å². The average molecular weight is 567 g/mol. The Hall–Kier alpha value is -3.16. The van der Waals surface area contributed by atoms with Crippen LogP contribution in [0, 0.1) is 12.7 Å². The van der Waals surface area contributed by atoms with Crippen molar-refractivity contribution in [3.8, 4) is 11.1 Å². The van der Waals surface area contributed by atoms with Crippen LogP contribution in [0.3, 0.4) is 0 Å². The number of amides is 1. The summed E-state index contributed by atoms with van der Waals surface area (Å²) < 4.78 is 22.0. The van der Waals surface area contributed by atoms with E-state index in [1.165, 1.54) is 0 Å². The molecule has 1 amide bonds. The number of anilines is 1. The molecule has 1 aromatic heterocycles. The number of benzene rings is 3. The lowest BCUT2D eigenvalue weighted by atomic mass is 9.94. The minimum absolute atomic E-state index is 0.0410. The van der Waals surface area contributed by atoms with Gasteiger partial charge in [0.15, 0.2) is 5.82 Å². The van der Waals surface area contributed by atoms with Gasteiger partial charge < -0.3 is 9.64 Å². The molecule has 9 heteroatoms. The number of hydrogen-bond acceptors (Lipinski definition) is 5. The lowest BCUT2D eigenvalue weighted by Gasteiger charge is -2.42. The monoisotopic (exact) mass is 566 g/mol. The van der Waals surface area contributed by atoms with Crippen molar-refractivity contribution in [2.24, 2.45) is 0 Å². The summed E-state index contributed by atoms with van der Waals surface area (Å²) in [5.74, 6) is -0.0126. The van der Waals surface area contributed by atoms with Gasteiger partial charge in [-0.2, -0.15) is 4.98 Å². The van der Waals surface area contributed by atoms with Crippen LogP contribution >= 0.6 is 23.2 Å². The molecule has 2 atom stereocenters. The van der Waals surface area contributed by atoms with Gasteiger partial charge in [-0.1, -0.05) is 48.0 Å². The summed E-state index contributed by atoms with van der Waals surface area (Å²) in [4.78, 5) is 25.7. The van der Waals surface area contributed by atoms with Crippen molar-refractivity contribution < 1.29 is 13.9 Å². The fraction of sp³-hybridized carbons (Fsp3) is 0.367. The Kier molecular flexibility index (Phi) is 6.35. The fourth-order valence-electron chi connectivity index (χ4n) is 6.00. The lowest BCUT2D eigenvalue weighted by Crippen LogP contribution is -2.57. The molecule has 0 radical (unpaired) electrons. The van der Waals surface area contributed by atoms with Crippen LogP contribution in [0.25, 0.3) is 32.8 Å². The summed E-state index contributed by atoms with van der Waals surface area (Å²) in [7, 11) is 0. The molecule has 2 saturated heterocycles. The number of carbonyl (C=O) groups is 1. The Morgan fingerprint density at radius 1 is 1.03 bits per heavy atom. The second-order valence-corrected chi connectivity index (χ2v) is 12.2. The maximum absolute atomic E-state index is 16.4. The first kappa shape index (κ1) is 26.1. The molecule has 2 unspecified atom stereocenters. The average Bonchev–Trinajstić information content (AvgIpc) is 3.13. The number of piperazine rings is 1. The van der Waals surface area contributed by atoms with Crippen molar-refractivity contribution in [1.29, 1.82) is 0 Å². The molecular formula is C30H29Cl2FN4O2. The van der Waals surface area contributed by atoms with E-state index < -0.39 is 11.4 Å². The minimum atomic E-state index is -0.571. The number of rotatable bonds is 2. The third-order valence-corrected chi connectivity index (χ3v) is 7.96. The highest BCUT2D eigenvalue weighted by Gasteiger charge is 2.45. The van der Waals surface area contributed by atoms with Gasteiger partial charge in [0.2, 0.25) is 5.28 Å². The Balaban J connectivity index is 1.43. The van der Waals surface area contributed by atoms with E-state index in [1.807, 2.05) is 62.9 Å². The zero-order valence-electron chi connectivity index (χ0n) is 22.3. The van der Waals surface area contributed by atoms with Crippen LogP contribution in [-0.4, -0.2) is 51.7 Å². The minimum Gasteiger partial charge on any atom is -0.444 e. The standard InChI is InChI=1S/C30H29Cl2FN4O2/c1-16-11-17-7-5-6-8-20(17)21(12-16)24-23(31)13-22-26(25(24)33)34-28(32)35-27(22)36-14-18-9-10-19(15-36)37(18)29(38)39-30(2,3)4/h5-8,11-13,18-19H,9-10,14-15H2,1-4H3. The highest BCUT2D eigenvalue weighted by molar-refractivity contribution is 6.35. The number of ether oxygens (including phenoxy) is 1. The van der Waals surface area contributed by atoms with E-state index in [9.17, 15) is 4.79 Å². The first-order valence-electron chi connectivity index (χ1n) is 13.1. The third-order valence-electron chi connectivity index (χ3n) is 7.50. The Bertz CT molecular complexity index is 1620. The molecular weight excluding hydrogens is 538 g/mol. The van der Waals surface area contributed by atoms with Gasteiger partial charge in [-0.3, -0.25) is 4.90 Å². The summed E-state index contributed by atoms with van der Waals surface area (Å²) in [6.07, 6.45) is 1.41. The quantitative estimate of drug-likeness (QED) is 0.232. The smallest absolute Gasteiger partial charge is 0.410 e. The van der Waals surface area contributed by atoms with Crippen LogP contribution in [0.5, 0.6) is 0 Å². The van der Waals surface area contributed by atoms with Crippen molar-refractivity contribution in [2.45, 2.75) is 58.2 Å². The molecule has 6 rings (SSSR count). The molecule has 6 nitrogen and oxygen atoms in total. The number of aryl methyl sites for hydroxylation is 1. The predicted octanol–water partition coefficient (Wildman–Crippen LogP) is 7.79. The van der Waals surface area contributed by atoms with E-state index in [2.05, 4.69) is 20.9 Å². The molecule has 4 aromatic rings. The van der Waals surface area contributed by atoms with Gasteiger partial charge in [0.05, 0.1) is 17.1 Å². The summed E-state index contributed by atoms with van der Waals surface area (Å²) in [5.41, 5.74) is 1.55. The second kappa shape index (κ2) is 9.49. The van der Waals surface area contributed by atoms with Crippen molar-refractivity contribution >= 4 is 56.8 Å². The van der Waals surface area contributed by atoms with Gasteiger partial charge in [-0.25, -0.2) is 14.2 Å². The first-order chi connectivity index (χ1) is 18.5. The number of halogens is 3. The predicted molar refractivity (Wildman–Crippen MR) is 154 cm³/mol. The fourth-order valence-corrected chi connectivity index (χ4v) is 6.46. The van der Waals surface area contributed by atoms with Crippen molar-refractivity contribution in [3.63, 3.8) is 0 Å². The molecule has 0 spiro atoms. The first-order valence-corrected chi connectivity index (χ1v) is 13.9. The summed E-state index contributed by atoms with van der Waals surface area (Å²) in [5, 5.41) is 2.63. The van der Waals surface area contributed by atoms with Gasteiger partial charge in [0.25, 0.3) is 0 Å². The van der Waals surface area contributed by atoms with E-state index in [0.717, 1.165) is 29.2 Å². The molecule has 3 heterocycles. The highest BCUT2D eigenvalue weighted by atomic mass is 35.5. The Morgan fingerprint density at radius 2 is 1.72 bits per heavy atom. The topological polar surface area (TPSA) is 58.6 Å². The number of aromatic nitrogens is 2. The maximum Gasteiger partial charge on any atom is 0.410 e. The van der Waals surface area contributed by atoms with Crippen LogP contribution in [0.4, 0.5) is 15.0 Å². The highest BCUT2D eigenvalue weighted by Crippen LogP contribution is 2.42. The van der Waals surface area contributed by atoms with Crippen LogP contribution in [0.2, 0.25) is 10.3 Å². The third kappa shape index (κ3) is 4.66. The number of hydrogen-bond donors (Lipinski definition) is 0. The second-order valence-electron chi connectivity index (χ2n) is 11.5. The van der Waals surface area contributed by atoms with Crippen LogP contribution < -0.4 is 4.90 Å². The van der Waals surface area contributed by atoms with Crippen LogP contribution in [0.15, 0.2) is 42.5 Å². The van der Waals surface area contributed by atoms with Gasteiger partial charge >= 0.3 is 6.09 Å². The van der Waals surface area contributed by atoms with Crippen LogP contribution in [0.1, 0.15) is 39.2 Å². The SMILES string of the molecule is Cc1cc(-c2c(Cl)cc3c(N4CC5CCC(C4)N5C(=O)OC(C)(C)C)nc(Cl)nc3c2F)c2ccccc2c1. The molecule has 0 N–H and O–H groups in total. The molecule has 2 aliphatic rings. The van der Waals surface area contributed by atoms with E-state index >= 15 is 4.39 Å². The van der Waals surface area contributed by atoms with E-state index in [-0.39, 0.29) is 34.0 Å². The molecule has 3 aromatic carbocycles. The zero-order chi connectivity index (χ0) is 27.6. The summed E-state index contributed by atoms with van der Waals surface area (Å²) >= 11 is 13.2. The number of nitrogens with zero attached hydrogens (tertiary/aromatic N) is 4. The molecule has 0 saturated carbocycles. The largest absolute Gasteiger partial charge is 0.444 e. The number of carbonyl (C=O) groups excluding carboxylic acids is 1. The molecule has 0 aliphatic carbocycles. The molecule has 2 aliphatic heterocycles. The Labute approximate surface area is 236 Å². The normalized spacial score (nSPS) is 19.3. The molecule has 2 bridgehead atoms. The van der Waals surface area contributed by atoms with Gasteiger partial charge in [-0.15, -0.1) is 0 Å². The van der Waals surface area contributed by atoms with E-state index in [4.69, 9.17) is 27.9 Å².